The van der Waals surface area contributed by atoms with Gasteiger partial charge in [0.15, 0.2) is 5.65 Å². The highest BCUT2D eigenvalue weighted by molar-refractivity contribution is 5.89. The molecule has 0 amide bonds. The van der Waals surface area contributed by atoms with Crippen molar-refractivity contribution in [3.05, 3.63) is 36.0 Å². The fourth-order valence-electron chi connectivity index (χ4n) is 2.05. The van der Waals surface area contributed by atoms with Crippen molar-refractivity contribution >= 4 is 28.5 Å². The highest BCUT2D eigenvalue weighted by atomic mass is 15.2. The normalized spacial score (nSPS) is 10.8. The zero-order valence-electron chi connectivity index (χ0n) is 10.8. The maximum absolute atomic E-state index is 5.73. The molecule has 0 spiro atoms. The second-order valence-electron chi connectivity index (χ2n) is 4.44. The Balaban J connectivity index is 2.15. The van der Waals surface area contributed by atoms with Crippen LogP contribution in [0.5, 0.6) is 0 Å². The maximum atomic E-state index is 5.73. The number of H-pyrrole nitrogens is 1. The number of rotatable bonds is 2. The molecule has 0 unspecified atom stereocenters. The van der Waals surface area contributed by atoms with E-state index < -0.39 is 0 Å². The summed E-state index contributed by atoms with van der Waals surface area (Å²) in [4.78, 5) is 10.4. The molecule has 0 aliphatic rings. The molecule has 6 heteroatoms. The van der Waals surface area contributed by atoms with Gasteiger partial charge < -0.3 is 10.6 Å². The minimum atomic E-state index is 0.228. The molecule has 96 valence electrons. The predicted molar refractivity (Wildman–Crippen MR) is 75.3 cm³/mol. The second-order valence-corrected chi connectivity index (χ2v) is 4.44. The van der Waals surface area contributed by atoms with Crippen LogP contribution in [0.25, 0.3) is 11.0 Å². The van der Waals surface area contributed by atoms with Crippen molar-refractivity contribution in [3.63, 3.8) is 0 Å². The molecule has 6 nitrogen and oxygen atoms in total. The number of benzene rings is 1. The maximum Gasteiger partial charge on any atom is 0.224 e. The Morgan fingerprint density at radius 1 is 1.26 bits per heavy atom. The zero-order chi connectivity index (χ0) is 13.4. The summed E-state index contributed by atoms with van der Waals surface area (Å²) < 4.78 is 0. The Morgan fingerprint density at radius 2 is 2.11 bits per heavy atom. The first-order valence-corrected chi connectivity index (χ1v) is 5.92. The minimum absolute atomic E-state index is 0.228. The summed E-state index contributed by atoms with van der Waals surface area (Å²) in [7, 11) is 1.95. The van der Waals surface area contributed by atoms with Crippen molar-refractivity contribution in [2.45, 2.75) is 6.92 Å². The molecule has 0 fully saturated rings. The van der Waals surface area contributed by atoms with Crippen LogP contribution in [-0.2, 0) is 0 Å². The first kappa shape index (κ1) is 11.5. The van der Waals surface area contributed by atoms with Crippen LogP contribution in [0.15, 0.2) is 30.5 Å². The average Bonchev–Trinajstić information content (AvgIpc) is 2.85. The predicted octanol–water partition coefficient (Wildman–Crippen LogP) is 2.01. The number of nitrogens with zero attached hydrogens (tertiary/aromatic N) is 4. The summed E-state index contributed by atoms with van der Waals surface area (Å²) in [6.07, 6.45) is 1.70. The number of nitrogens with two attached hydrogens (primary N) is 1. The number of anilines is 3. The second kappa shape index (κ2) is 4.24. The topological polar surface area (TPSA) is 83.7 Å². The number of fused-ring (bicyclic) bond motifs is 1. The molecule has 0 saturated heterocycles. The van der Waals surface area contributed by atoms with Crippen LogP contribution in [0.4, 0.5) is 17.5 Å². The summed E-state index contributed by atoms with van der Waals surface area (Å²) in [6, 6.07) is 8.18. The van der Waals surface area contributed by atoms with Crippen LogP contribution in [0.2, 0.25) is 0 Å². The molecule has 3 N–H and O–H groups in total. The summed E-state index contributed by atoms with van der Waals surface area (Å²) in [6.45, 7) is 2.05. The van der Waals surface area contributed by atoms with Crippen molar-refractivity contribution in [2.24, 2.45) is 0 Å². The van der Waals surface area contributed by atoms with E-state index in [-0.39, 0.29) is 5.95 Å². The van der Waals surface area contributed by atoms with E-state index in [4.69, 9.17) is 5.73 Å². The number of aromatic amines is 1. The third-order valence-corrected chi connectivity index (χ3v) is 3.01. The lowest BCUT2D eigenvalue weighted by Crippen LogP contribution is -2.13. The molecule has 0 aliphatic heterocycles. The van der Waals surface area contributed by atoms with Crippen LogP contribution < -0.4 is 10.6 Å². The summed E-state index contributed by atoms with van der Waals surface area (Å²) >= 11 is 0. The molecular formula is C13H14N6. The van der Waals surface area contributed by atoms with Crippen LogP contribution in [0, 0.1) is 6.92 Å². The van der Waals surface area contributed by atoms with E-state index in [1.54, 1.807) is 6.20 Å². The first-order chi connectivity index (χ1) is 9.15. The van der Waals surface area contributed by atoms with Gasteiger partial charge in [-0.2, -0.15) is 15.1 Å². The summed E-state index contributed by atoms with van der Waals surface area (Å²) in [5.41, 5.74) is 8.61. The van der Waals surface area contributed by atoms with E-state index in [0.29, 0.717) is 5.65 Å². The van der Waals surface area contributed by atoms with Crippen molar-refractivity contribution < 1.29 is 0 Å². The Kier molecular flexibility index (Phi) is 2.56. The number of nitrogens with one attached hydrogen (secondary N) is 1. The van der Waals surface area contributed by atoms with Gasteiger partial charge in [-0.15, -0.1) is 0 Å². The Bertz CT molecular complexity index is 733. The van der Waals surface area contributed by atoms with Gasteiger partial charge in [0.05, 0.1) is 11.6 Å². The number of aromatic nitrogens is 4. The van der Waals surface area contributed by atoms with E-state index >= 15 is 0 Å². The Labute approximate surface area is 110 Å². The van der Waals surface area contributed by atoms with Gasteiger partial charge in [-0.1, -0.05) is 12.1 Å². The molecule has 0 aliphatic carbocycles. The fraction of sp³-hybridized carbons (Fsp3) is 0.154. The van der Waals surface area contributed by atoms with Gasteiger partial charge in [-0.3, -0.25) is 5.10 Å². The average molecular weight is 254 g/mol. The fourth-order valence-corrected chi connectivity index (χ4v) is 2.05. The molecule has 2 heterocycles. The number of aryl methyl sites for hydroxylation is 1. The first-order valence-electron chi connectivity index (χ1n) is 5.92. The van der Waals surface area contributed by atoms with Gasteiger partial charge in [-0.25, -0.2) is 0 Å². The van der Waals surface area contributed by atoms with E-state index in [2.05, 4.69) is 39.2 Å². The molecule has 3 rings (SSSR count). The lowest BCUT2D eigenvalue weighted by atomic mass is 10.2. The third kappa shape index (κ3) is 1.97. The number of hydrogen-bond acceptors (Lipinski definition) is 5. The van der Waals surface area contributed by atoms with Crippen LogP contribution in [-0.4, -0.2) is 27.2 Å². The largest absolute Gasteiger partial charge is 0.368 e. The molecule has 0 radical (unpaired) electrons. The smallest absolute Gasteiger partial charge is 0.224 e. The quantitative estimate of drug-likeness (QED) is 0.730. The number of nitrogen functional groups attached to an aromatic ring is 1. The van der Waals surface area contributed by atoms with Gasteiger partial charge in [0, 0.05) is 12.7 Å². The molecule has 2 aromatic heterocycles. The molecule has 3 aromatic rings. The molecular weight excluding hydrogens is 240 g/mol. The lowest BCUT2D eigenvalue weighted by molar-refractivity contribution is 1.08. The van der Waals surface area contributed by atoms with Crippen molar-refractivity contribution in [3.8, 4) is 0 Å². The molecule has 0 bridgehead atoms. The Morgan fingerprint density at radius 3 is 2.89 bits per heavy atom. The van der Waals surface area contributed by atoms with E-state index in [1.165, 1.54) is 5.56 Å². The Hall–Kier alpha value is -2.63. The SMILES string of the molecule is Cc1cccc(N(C)c2nc(N)nc3[nH]ncc23)c1. The standard InChI is InChI=1S/C13H14N6/c1-8-4-3-5-9(6-8)19(2)12-10-7-15-18-11(10)16-13(14)17-12/h3-7H,1-2H3,(H3,14,15,16,17,18). The lowest BCUT2D eigenvalue weighted by Gasteiger charge is -2.19. The number of hydrogen-bond donors (Lipinski definition) is 2. The van der Waals surface area contributed by atoms with E-state index in [0.717, 1.165) is 16.9 Å². The summed E-state index contributed by atoms with van der Waals surface area (Å²) in [5, 5.41) is 7.64. The molecule has 0 saturated carbocycles. The third-order valence-electron chi connectivity index (χ3n) is 3.01. The van der Waals surface area contributed by atoms with E-state index in [1.807, 2.05) is 24.1 Å². The van der Waals surface area contributed by atoms with Gasteiger partial charge in [0.1, 0.15) is 5.82 Å². The van der Waals surface area contributed by atoms with Gasteiger partial charge in [-0.05, 0) is 24.6 Å². The highest BCUT2D eigenvalue weighted by Gasteiger charge is 2.13. The summed E-state index contributed by atoms with van der Waals surface area (Å²) in [5.74, 6) is 0.966. The zero-order valence-corrected chi connectivity index (χ0v) is 10.8. The van der Waals surface area contributed by atoms with Gasteiger partial charge in [0.2, 0.25) is 5.95 Å². The van der Waals surface area contributed by atoms with Gasteiger partial charge in [0.25, 0.3) is 0 Å². The minimum Gasteiger partial charge on any atom is -0.368 e. The van der Waals surface area contributed by atoms with Crippen LogP contribution >= 0.6 is 0 Å². The van der Waals surface area contributed by atoms with Crippen molar-refractivity contribution in [2.75, 3.05) is 17.7 Å². The van der Waals surface area contributed by atoms with Crippen molar-refractivity contribution in [1.29, 1.82) is 0 Å². The van der Waals surface area contributed by atoms with Crippen LogP contribution in [0.3, 0.4) is 0 Å². The molecule has 19 heavy (non-hydrogen) atoms. The van der Waals surface area contributed by atoms with Crippen molar-refractivity contribution in [1.82, 2.24) is 20.2 Å². The molecule has 1 aromatic carbocycles. The van der Waals surface area contributed by atoms with E-state index in [9.17, 15) is 0 Å². The highest BCUT2D eigenvalue weighted by Crippen LogP contribution is 2.28. The monoisotopic (exact) mass is 254 g/mol. The van der Waals surface area contributed by atoms with Crippen LogP contribution in [0.1, 0.15) is 5.56 Å². The molecule has 0 atom stereocenters. The van der Waals surface area contributed by atoms with Gasteiger partial charge >= 0.3 is 0 Å².